The number of nitrogens with two attached hydrogens (primary N) is 1. The Hall–Kier alpha value is -1.35. The van der Waals surface area contributed by atoms with Gasteiger partial charge in [0.25, 0.3) is 5.91 Å². The Morgan fingerprint density at radius 2 is 1.74 bits per heavy atom. The number of hydrogen-bond acceptors (Lipinski definition) is 2. The van der Waals surface area contributed by atoms with Crippen LogP contribution in [0.4, 0.5) is 0 Å². The fourth-order valence-electron chi connectivity index (χ4n) is 2.54. The number of benzene rings is 1. The minimum absolute atomic E-state index is 0.144. The zero-order chi connectivity index (χ0) is 14.4. The van der Waals surface area contributed by atoms with E-state index in [1.165, 1.54) is 5.56 Å². The number of rotatable bonds is 6. The number of carbonyl (C=O) groups excluding carboxylic acids is 1. The van der Waals surface area contributed by atoms with Gasteiger partial charge in [0.2, 0.25) is 0 Å². The highest BCUT2D eigenvalue weighted by molar-refractivity contribution is 5.97. The monoisotopic (exact) mass is 262 g/mol. The van der Waals surface area contributed by atoms with Crippen molar-refractivity contribution in [1.29, 1.82) is 0 Å². The molecule has 0 spiro atoms. The topological polar surface area (TPSA) is 46.3 Å². The average molecular weight is 262 g/mol. The zero-order valence-electron chi connectivity index (χ0n) is 12.6. The molecule has 2 N–H and O–H groups in total. The number of aryl methyl sites for hydroxylation is 3. The van der Waals surface area contributed by atoms with Gasteiger partial charge in [-0.3, -0.25) is 4.79 Å². The SMILES string of the molecule is CCCN(CCCN)C(=O)c1c(C)cc(C)cc1C. The molecular formula is C16H26N2O. The third-order valence-corrected chi connectivity index (χ3v) is 3.30. The first-order chi connectivity index (χ1) is 9.01. The summed E-state index contributed by atoms with van der Waals surface area (Å²) in [5, 5.41) is 0. The molecule has 19 heavy (non-hydrogen) atoms. The maximum atomic E-state index is 12.7. The highest BCUT2D eigenvalue weighted by Crippen LogP contribution is 2.18. The molecule has 0 aliphatic carbocycles. The van der Waals surface area contributed by atoms with Crippen LogP contribution in [0.15, 0.2) is 12.1 Å². The Balaban J connectivity index is 3.02. The Labute approximate surface area is 116 Å². The number of amides is 1. The summed E-state index contributed by atoms with van der Waals surface area (Å²) in [7, 11) is 0. The van der Waals surface area contributed by atoms with Crippen LogP contribution in [0.25, 0.3) is 0 Å². The lowest BCUT2D eigenvalue weighted by Gasteiger charge is -2.24. The van der Waals surface area contributed by atoms with Gasteiger partial charge in [0, 0.05) is 18.7 Å². The van der Waals surface area contributed by atoms with Gasteiger partial charge in [0.05, 0.1) is 0 Å². The Kier molecular flexibility index (Phi) is 6.03. The molecule has 0 saturated heterocycles. The molecule has 0 bridgehead atoms. The van der Waals surface area contributed by atoms with Crippen molar-refractivity contribution in [2.75, 3.05) is 19.6 Å². The Morgan fingerprint density at radius 3 is 2.21 bits per heavy atom. The molecular weight excluding hydrogens is 236 g/mol. The van der Waals surface area contributed by atoms with Crippen molar-refractivity contribution in [3.8, 4) is 0 Å². The van der Waals surface area contributed by atoms with Crippen LogP contribution in [0.5, 0.6) is 0 Å². The van der Waals surface area contributed by atoms with Crippen molar-refractivity contribution >= 4 is 5.91 Å². The molecule has 1 amide bonds. The van der Waals surface area contributed by atoms with Gasteiger partial charge < -0.3 is 10.6 Å². The van der Waals surface area contributed by atoms with Crippen molar-refractivity contribution in [3.63, 3.8) is 0 Å². The minimum atomic E-state index is 0.144. The van der Waals surface area contributed by atoms with Gasteiger partial charge in [-0.2, -0.15) is 0 Å². The van der Waals surface area contributed by atoms with Gasteiger partial charge in [-0.05, 0) is 51.3 Å². The van der Waals surface area contributed by atoms with Crippen molar-refractivity contribution in [2.45, 2.75) is 40.5 Å². The highest BCUT2D eigenvalue weighted by Gasteiger charge is 2.18. The molecule has 1 rings (SSSR count). The summed E-state index contributed by atoms with van der Waals surface area (Å²) in [6.45, 7) is 10.4. The van der Waals surface area contributed by atoms with E-state index in [2.05, 4.69) is 26.0 Å². The summed E-state index contributed by atoms with van der Waals surface area (Å²) < 4.78 is 0. The van der Waals surface area contributed by atoms with Crippen LogP contribution in [0.3, 0.4) is 0 Å². The van der Waals surface area contributed by atoms with Gasteiger partial charge >= 0.3 is 0 Å². The maximum Gasteiger partial charge on any atom is 0.254 e. The normalized spacial score (nSPS) is 10.6. The fraction of sp³-hybridized carbons (Fsp3) is 0.562. The molecule has 0 unspecified atom stereocenters. The average Bonchev–Trinajstić information content (AvgIpc) is 2.33. The highest BCUT2D eigenvalue weighted by atomic mass is 16.2. The molecule has 0 aliphatic heterocycles. The molecule has 0 atom stereocenters. The summed E-state index contributed by atoms with van der Waals surface area (Å²) in [5.41, 5.74) is 9.75. The molecule has 3 nitrogen and oxygen atoms in total. The Morgan fingerprint density at radius 1 is 1.16 bits per heavy atom. The van der Waals surface area contributed by atoms with Crippen LogP contribution in [0.2, 0.25) is 0 Å². The lowest BCUT2D eigenvalue weighted by atomic mass is 9.98. The number of hydrogen-bond donors (Lipinski definition) is 1. The smallest absolute Gasteiger partial charge is 0.254 e. The minimum Gasteiger partial charge on any atom is -0.339 e. The van der Waals surface area contributed by atoms with Crippen LogP contribution in [-0.4, -0.2) is 30.4 Å². The van der Waals surface area contributed by atoms with Crippen LogP contribution in [-0.2, 0) is 0 Å². The first-order valence-corrected chi connectivity index (χ1v) is 7.08. The van der Waals surface area contributed by atoms with Crippen molar-refractivity contribution < 1.29 is 4.79 Å². The van der Waals surface area contributed by atoms with Crippen molar-refractivity contribution in [3.05, 3.63) is 34.4 Å². The standard InChI is InChI=1S/C16H26N2O/c1-5-8-18(9-6-7-17)16(19)15-13(3)10-12(2)11-14(15)4/h10-11H,5-9,17H2,1-4H3. The molecule has 1 aromatic rings. The molecule has 0 heterocycles. The van der Waals surface area contributed by atoms with E-state index in [0.717, 1.165) is 42.6 Å². The van der Waals surface area contributed by atoms with Gasteiger partial charge in [0.15, 0.2) is 0 Å². The second-order valence-corrected chi connectivity index (χ2v) is 5.21. The van der Waals surface area contributed by atoms with E-state index in [-0.39, 0.29) is 5.91 Å². The third-order valence-electron chi connectivity index (χ3n) is 3.30. The van der Waals surface area contributed by atoms with Gasteiger partial charge in [-0.1, -0.05) is 24.6 Å². The summed E-state index contributed by atoms with van der Waals surface area (Å²) >= 11 is 0. The van der Waals surface area contributed by atoms with Gasteiger partial charge in [-0.25, -0.2) is 0 Å². The second-order valence-electron chi connectivity index (χ2n) is 5.21. The molecule has 1 aromatic carbocycles. The first-order valence-electron chi connectivity index (χ1n) is 7.08. The zero-order valence-corrected chi connectivity index (χ0v) is 12.6. The van der Waals surface area contributed by atoms with Crippen LogP contribution >= 0.6 is 0 Å². The number of nitrogens with zero attached hydrogens (tertiary/aromatic N) is 1. The van der Waals surface area contributed by atoms with E-state index in [1.54, 1.807) is 0 Å². The predicted octanol–water partition coefficient (Wildman–Crippen LogP) is 2.81. The fourth-order valence-corrected chi connectivity index (χ4v) is 2.54. The van der Waals surface area contributed by atoms with Crippen LogP contribution < -0.4 is 5.73 Å². The number of carbonyl (C=O) groups is 1. The second kappa shape index (κ2) is 7.29. The molecule has 0 saturated carbocycles. The molecule has 0 aliphatic rings. The summed E-state index contributed by atoms with van der Waals surface area (Å²) in [6, 6.07) is 4.15. The van der Waals surface area contributed by atoms with Crippen molar-refractivity contribution in [2.24, 2.45) is 5.73 Å². The van der Waals surface area contributed by atoms with E-state index >= 15 is 0 Å². The first kappa shape index (κ1) is 15.7. The Bertz CT molecular complexity index is 417. The van der Waals surface area contributed by atoms with Crippen LogP contribution in [0, 0.1) is 20.8 Å². The van der Waals surface area contributed by atoms with Crippen LogP contribution in [0.1, 0.15) is 46.8 Å². The molecule has 0 radical (unpaired) electrons. The van der Waals surface area contributed by atoms with E-state index in [0.29, 0.717) is 6.54 Å². The summed E-state index contributed by atoms with van der Waals surface area (Å²) in [6.07, 6.45) is 1.83. The summed E-state index contributed by atoms with van der Waals surface area (Å²) in [4.78, 5) is 14.6. The quantitative estimate of drug-likeness (QED) is 0.857. The third kappa shape index (κ3) is 4.06. The largest absolute Gasteiger partial charge is 0.339 e. The molecule has 0 fully saturated rings. The molecule has 0 aromatic heterocycles. The van der Waals surface area contributed by atoms with E-state index in [4.69, 9.17) is 5.73 Å². The van der Waals surface area contributed by atoms with E-state index < -0.39 is 0 Å². The van der Waals surface area contributed by atoms with Gasteiger partial charge in [-0.15, -0.1) is 0 Å². The maximum absolute atomic E-state index is 12.7. The summed E-state index contributed by atoms with van der Waals surface area (Å²) in [5.74, 6) is 0.144. The van der Waals surface area contributed by atoms with E-state index in [9.17, 15) is 4.79 Å². The van der Waals surface area contributed by atoms with Gasteiger partial charge in [0.1, 0.15) is 0 Å². The van der Waals surface area contributed by atoms with Crippen molar-refractivity contribution in [1.82, 2.24) is 4.90 Å². The lowest BCUT2D eigenvalue weighted by molar-refractivity contribution is 0.0753. The molecule has 3 heteroatoms. The predicted molar refractivity (Wildman–Crippen MR) is 80.5 cm³/mol. The molecule has 106 valence electrons. The lowest BCUT2D eigenvalue weighted by Crippen LogP contribution is -2.34. The van der Waals surface area contributed by atoms with E-state index in [1.807, 2.05) is 18.7 Å².